The molecule has 0 radical (unpaired) electrons. The van der Waals surface area contributed by atoms with Crippen LogP contribution in [0.3, 0.4) is 0 Å². The molecule has 0 fully saturated rings. The van der Waals surface area contributed by atoms with E-state index in [9.17, 15) is 28.8 Å². The van der Waals surface area contributed by atoms with E-state index in [4.69, 9.17) is 0 Å². The van der Waals surface area contributed by atoms with Crippen molar-refractivity contribution >= 4 is 35.4 Å². The zero-order valence-electron chi connectivity index (χ0n) is 44.8. The fraction of sp³-hybridized carbons (Fsp3) is 0.556. The summed E-state index contributed by atoms with van der Waals surface area (Å²) in [6.07, 6.45) is 12.5. The van der Waals surface area contributed by atoms with Crippen LogP contribution in [0.15, 0.2) is 73.1 Å². The van der Waals surface area contributed by atoms with Crippen molar-refractivity contribution in [2.24, 2.45) is 10.8 Å². The van der Waals surface area contributed by atoms with E-state index in [2.05, 4.69) is 75.3 Å². The van der Waals surface area contributed by atoms with E-state index in [0.717, 1.165) is 49.7 Å². The lowest BCUT2D eigenvalue weighted by atomic mass is 9.85. The molecule has 0 saturated carbocycles. The molecule has 0 saturated heterocycles. The van der Waals surface area contributed by atoms with E-state index in [1.54, 1.807) is 49.7 Å². The average Bonchev–Trinajstić information content (AvgIpc) is 4.03. The van der Waals surface area contributed by atoms with Crippen molar-refractivity contribution in [2.75, 3.05) is 14.1 Å². The molecule has 2 aromatic heterocycles. The largest absolute Gasteiger partial charge is 0.347 e. The Morgan fingerprint density at radius 3 is 1.31 bits per heavy atom. The molecule has 2 unspecified atom stereocenters. The van der Waals surface area contributed by atoms with Gasteiger partial charge in [-0.3, -0.25) is 28.8 Å². The van der Waals surface area contributed by atoms with E-state index >= 15 is 0 Å². The lowest BCUT2D eigenvalue weighted by molar-refractivity contribution is -0.135. The van der Waals surface area contributed by atoms with Crippen molar-refractivity contribution < 1.29 is 28.8 Å². The maximum atomic E-state index is 14.2. The summed E-state index contributed by atoms with van der Waals surface area (Å²) in [6.45, 7) is 15.2. The number of allylic oxidation sites excluding steroid dienone is 2. The van der Waals surface area contributed by atoms with Crippen molar-refractivity contribution in [1.29, 1.82) is 0 Å². The molecule has 8 N–H and O–H groups in total. The minimum absolute atomic E-state index is 0.0452. The van der Waals surface area contributed by atoms with Crippen LogP contribution in [-0.2, 0) is 67.5 Å². The summed E-state index contributed by atoms with van der Waals surface area (Å²) in [5.74, 6) is -2.40. The predicted molar refractivity (Wildman–Crippen MR) is 281 cm³/mol. The zero-order chi connectivity index (χ0) is 53.7. The first-order valence-electron chi connectivity index (χ1n) is 25.9. The first-order chi connectivity index (χ1) is 35.1. The molecule has 2 aliphatic carbocycles. The second kappa shape index (κ2) is 25.4. The fourth-order valence-electron chi connectivity index (χ4n) is 9.25. The Morgan fingerprint density at radius 2 is 0.946 bits per heavy atom. The molecule has 74 heavy (non-hydrogen) atoms. The highest BCUT2D eigenvalue weighted by Crippen LogP contribution is 2.31. The Kier molecular flexibility index (Phi) is 19.4. The Bertz CT molecular complexity index is 2440. The number of aryl methyl sites for hydroxylation is 2. The van der Waals surface area contributed by atoms with Gasteiger partial charge in [0.05, 0.1) is 48.6 Å². The van der Waals surface area contributed by atoms with E-state index < -0.39 is 58.9 Å². The van der Waals surface area contributed by atoms with E-state index in [1.165, 1.54) is 11.1 Å². The van der Waals surface area contributed by atoms with Crippen LogP contribution in [-0.4, -0.2) is 116 Å². The predicted octanol–water partition coefficient (Wildman–Crippen LogP) is 2.85. The average molecular weight is 1020 g/mol. The van der Waals surface area contributed by atoms with Crippen molar-refractivity contribution in [3.05, 3.63) is 107 Å². The lowest BCUT2D eigenvalue weighted by Gasteiger charge is -2.33. The second-order valence-electron chi connectivity index (χ2n) is 21.8. The summed E-state index contributed by atoms with van der Waals surface area (Å²) < 4.78 is 3.24. The molecule has 6 rings (SSSR count). The van der Waals surface area contributed by atoms with Gasteiger partial charge in [0.1, 0.15) is 24.2 Å². The molecule has 8 atom stereocenters. The highest BCUT2D eigenvalue weighted by atomic mass is 16.2. The van der Waals surface area contributed by atoms with Crippen molar-refractivity contribution in [2.45, 2.75) is 168 Å². The maximum absolute atomic E-state index is 14.2. The zero-order valence-corrected chi connectivity index (χ0v) is 44.8. The van der Waals surface area contributed by atoms with Crippen molar-refractivity contribution in [3.8, 4) is 0 Å². The molecule has 20 heteroatoms. The highest BCUT2D eigenvalue weighted by molar-refractivity contribution is 5.95. The first-order valence-corrected chi connectivity index (χ1v) is 25.9. The summed E-state index contributed by atoms with van der Waals surface area (Å²) in [7, 11) is 3.33. The van der Waals surface area contributed by atoms with Gasteiger partial charge in [0, 0.05) is 25.2 Å². The number of hydrogen-bond acceptors (Lipinski definition) is 12. The number of fused-ring (bicyclic) bond motifs is 2. The molecule has 4 aromatic rings. The van der Waals surface area contributed by atoms with E-state index in [0.29, 0.717) is 24.5 Å². The van der Waals surface area contributed by atoms with Crippen LogP contribution in [0.4, 0.5) is 0 Å². The number of hydrogen-bond donors (Lipinski definition) is 8. The number of aromatic nitrogens is 6. The quantitative estimate of drug-likeness (QED) is 0.0529. The Labute approximate surface area is 435 Å². The summed E-state index contributed by atoms with van der Waals surface area (Å²) >= 11 is 0. The minimum atomic E-state index is -1.03. The molecule has 400 valence electrons. The third-order valence-electron chi connectivity index (χ3n) is 13.9. The molecule has 0 spiro atoms. The topological polar surface area (TPSA) is 260 Å². The summed E-state index contributed by atoms with van der Waals surface area (Å²) in [4.78, 5) is 82.4. The normalized spacial score (nSPS) is 18.1. The summed E-state index contributed by atoms with van der Waals surface area (Å²) in [6, 6.07) is 10.6. The van der Waals surface area contributed by atoms with Crippen LogP contribution < -0.4 is 42.5 Å². The van der Waals surface area contributed by atoms with Gasteiger partial charge in [-0.2, -0.15) is 0 Å². The smallest absolute Gasteiger partial charge is 0.243 e. The first kappa shape index (κ1) is 56.5. The van der Waals surface area contributed by atoms with Crippen LogP contribution in [0.5, 0.6) is 0 Å². The van der Waals surface area contributed by atoms with Gasteiger partial charge in [0.2, 0.25) is 35.4 Å². The van der Waals surface area contributed by atoms with Crippen LogP contribution in [0.25, 0.3) is 0 Å². The third kappa shape index (κ3) is 15.4. The number of likely N-dealkylation sites (N-methyl/N-ethyl adjacent to an activating group) is 2. The molecular formula is C54H78N14O6. The standard InChI is InChI=1S/C54H78N14O6/c1-33(55-9)47(69)61-45(53(3,4)5)51(73)59-43(49(71)57-41-25-17-21-35-19-11-13-23-39(35)41)29-37-31-67(65-63-37)27-15-16-28-68-32-38(64-66-68)30-44(50(72)58-42-26-18-22-36-20-12-14-24-40(36)42)60-52(74)46(54(6,7)8)62-48(70)34(2)56-10/h11-16,19-20,23-24,31-34,41-46,55-56H,17-18,21-22,25-30H2,1-10H3,(H,57,71)(H,58,72)(H,59,73)(H,60,74)(H,61,69)(H,62,70)/t33-,34-,41+,42?,43-,44-,45+,46?/m0/s1. The SMILES string of the molecule is CN[C@@H](C)C(=O)NC(C(=O)N[C@@H](Cc1cn(CC=CCn2cc(C[C@H](NC(=O)[C@@H](NC(=O)[C@H](C)NC)C(C)(C)C)C(=O)N[C@@H]3CCCc4ccccc43)nn2)nn1)C(=O)NC1CCCc2ccccc21)C(C)(C)C. The molecule has 0 aliphatic heterocycles. The summed E-state index contributed by atoms with van der Waals surface area (Å²) in [5, 5.41) is 41.2. The molecule has 2 heterocycles. The van der Waals surface area contributed by atoms with Gasteiger partial charge in [-0.1, -0.05) is 113 Å². The van der Waals surface area contributed by atoms with Gasteiger partial charge in [-0.05, 0) is 99.6 Å². The number of carbonyl (C=O) groups excluding carboxylic acids is 6. The molecule has 2 aromatic carbocycles. The van der Waals surface area contributed by atoms with E-state index in [-0.39, 0.29) is 48.6 Å². The van der Waals surface area contributed by atoms with E-state index in [1.807, 2.05) is 90.1 Å². The summed E-state index contributed by atoms with van der Waals surface area (Å²) in [5.41, 5.74) is 4.08. The van der Waals surface area contributed by atoms with Crippen LogP contribution in [0, 0.1) is 10.8 Å². The highest BCUT2D eigenvalue weighted by Gasteiger charge is 2.38. The van der Waals surface area contributed by atoms with Gasteiger partial charge in [-0.15, -0.1) is 10.2 Å². The lowest BCUT2D eigenvalue weighted by Crippen LogP contribution is -2.60. The Balaban J connectivity index is 1.13. The third-order valence-corrected chi connectivity index (χ3v) is 13.9. The van der Waals surface area contributed by atoms with Crippen molar-refractivity contribution in [3.63, 3.8) is 0 Å². The van der Waals surface area contributed by atoms with Crippen LogP contribution in [0.1, 0.15) is 127 Å². The van der Waals surface area contributed by atoms with Gasteiger partial charge in [0.25, 0.3) is 0 Å². The van der Waals surface area contributed by atoms with Crippen LogP contribution >= 0.6 is 0 Å². The number of rotatable bonds is 22. The monoisotopic (exact) mass is 1020 g/mol. The fourth-order valence-corrected chi connectivity index (χ4v) is 9.25. The number of amides is 6. The minimum Gasteiger partial charge on any atom is -0.347 e. The number of carbonyl (C=O) groups is 6. The molecule has 2 aliphatic rings. The maximum Gasteiger partial charge on any atom is 0.243 e. The number of nitrogens with zero attached hydrogens (tertiary/aromatic N) is 6. The van der Waals surface area contributed by atoms with Gasteiger partial charge >= 0.3 is 0 Å². The van der Waals surface area contributed by atoms with Gasteiger partial charge < -0.3 is 42.5 Å². The Morgan fingerprint density at radius 1 is 0.568 bits per heavy atom. The van der Waals surface area contributed by atoms with Crippen molar-refractivity contribution in [1.82, 2.24) is 72.5 Å². The molecule has 20 nitrogen and oxygen atoms in total. The molecule has 0 bridgehead atoms. The van der Waals surface area contributed by atoms with Gasteiger partial charge in [0.15, 0.2) is 0 Å². The number of benzene rings is 2. The number of nitrogens with one attached hydrogen (secondary N) is 8. The van der Waals surface area contributed by atoms with Gasteiger partial charge in [-0.25, -0.2) is 9.36 Å². The molecular weight excluding hydrogens is 941 g/mol. The Hall–Kier alpha value is -6.80. The second-order valence-corrected chi connectivity index (χ2v) is 21.8. The van der Waals surface area contributed by atoms with Crippen LogP contribution in [0.2, 0.25) is 0 Å². The molecule has 6 amide bonds.